The Hall–Kier alpha value is -5.01. The van der Waals surface area contributed by atoms with Gasteiger partial charge in [0.25, 0.3) is 5.91 Å². The minimum atomic E-state index is -0.337. The molecule has 3 aromatic heterocycles. The van der Waals surface area contributed by atoms with Crippen molar-refractivity contribution in [2.45, 2.75) is 52.1 Å². The molecule has 0 bridgehead atoms. The highest BCUT2D eigenvalue weighted by Crippen LogP contribution is 2.31. The van der Waals surface area contributed by atoms with E-state index in [2.05, 4.69) is 58.5 Å². The van der Waals surface area contributed by atoms with Crippen LogP contribution < -0.4 is 21.3 Å². The van der Waals surface area contributed by atoms with Gasteiger partial charge in [-0.2, -0.15) is 19.6 Å². The zero-order valence-electron chi connectivity index (χ0n) is 24.6. The molecule has 0 saturated carbocycles. The number of carbonyl (C=O) groups excluding carboxylic acids is 1. The number of anilines is 3. The van der Waals surface area contributed by atoms with E-state index in [1.807, 2.05) is 42.6 Å². The van der Waals surface area contributed by atoms with Crippen molar-refractivity contribution in [2.24, 2.45) is 5.73 Å². The predicted molar refractivity (Wildman–Crippen MR) is 171 cm³/mol. The van der Waals surface area contributed by atoms with Crippen LogP contribution in [-0.2, 0) is 11.3 Å². The van der Waals surface area contributed by atoms with Crippen molar-refractivity contribution in [2.75, 3.05) is 28.6 Å². The Balaban J connectivity index is 1.33. The highest BCUT2D eigenvalue weighted by Gasteiger charge is 2.22. The lowest BCUT2D eigenvalue weighted by Crippen LogP contribution is -2.40. The Bertz CT molecular complexity index is 1860. The highest BCUT2D eigenvalue weighted by atomic mass is 16.1. The molecule has 10 heteroatoms. The summed E-state index contributed by atoms with van der Waals surface area (Å²) in [6, 6.07) is 16.2. The van der Waals surface area contributed by atoms with Crippen LogP contribution in [0.25, 0.3) is 27.7 Å². The van der Waals surface area contributed by atoms with Crippen LogP contribution in [-0.4, -0.2) is 49.6 Å². The van der Waals surface area contributed by atoms with E-state index in [-0.39, 0.29) is 17.9 Å². The normalized spacial score (nSPS) is 13.7. The monoisotopic (exact) mass is 573 g/mol. The van der Waals surface area contributed by atoms with Crippen molar-refractivity contribution in [3.05, 3.63) is 72.1 Å². The summed E-state index contributed by atoms with van der Waals surface area (Å²) in [4.78, 5) is 28.9. The molecule has 10 nitrogen and oxygen atoms in total. The Morgan fingerprint density at radius 2 is 1.93 bits per heavy atom. The summed E-state index contributed by atoms with van der Waals surface area (Å²) in [7, 11) is 0. The highest BCUT2D eigenvalue weighted by molar-refractivity contribution is 6.05. The smallest absolute Gasteiger partial charge is 0.300 e. The van der Waals surface area contributed by atoms with Gasteiger partial charge >= 0.3 is 0 Å². The molecular weight excluding hydrogens is 538 g/mol. The summed E-state index contributed by atoms with van der Waals surface area (Å²) in [5.74, 6) is 6.41. The lowest BCUT2D eigenvalue weighted by atomic mass is 9.99. The average molecular weight is 574 g/mol. The molecule has 1 saturated heterocycles. The zero-order valence-corrected chi connectivity index (χ0v) is 24.6. The lowest BCUT2D eigenvalue weighted by Gasteiger charge is -2.30. The van der Waals surface area contributed by atoms with E-state index in [9.17, 15) is 4.79 Å². The van der Waals surface area contributed by atoms with Crippen LogP contribution in [0.1, 0.15) is 50.7 Å². The number of pyridine rings is 1. The largest absolute Gasteiger partial charge is 0.350 e. The van der Waals surface area contributed by atoms with Crippen LogP contribution in [0.2, 0.25) is 0 Å². The van der Waals surface area contributed by atoms with Gasteiger partial charge in [0.1, 0.15) is 0 Å². The molecule has 4 heterocycles. The number of hydrogen-bond acceptors (Lipinski definition) is 8. The van der Waals surface area contributed by atoms with Crippen molar-refractivity contribution in [1.29, 1.82) is 0 Å². The van der Waals surface area contributed by atoms with Crippen LogP contribution in [0, 0.1) is 11.8 Å². The quantitative estimate of drug-likeness (QED) is 0.233. The minimum absolute atomic E-state index is 0.221. The molecule has 4 N–H and O–H groups in total. The van der Waals surface area contributed by atoms with Gasteiger partial charge in [0.15, 0.2) is 5.65 Å². The predicted octanol–water partition coefficient (Wildman–Crippen LogP) is 4.96. The maximum Gasteiger partial charge on any atom is 0.300 e. The fourth-order valence-corrected chi connectivity index (χ4v) is 5.47. The second kappa shape index (κ2) is 12.1. The summed E-state index contributed by atoms with van der Waals surface area (Å²) >= 11 is 0. The third kappa shape index (κ3) is 5.85. The number of rotatable bonds is 7. The first-order valence-electron chi connectivity index (χ1n) is 14.6. The number of nitrogens with two attached hydrogens (primary N) is 1. The number of nitrogens with one attached hydrogen (secondary N) is 2. The van der Waals surface area contributed by atoms with Gasteiger partial charge in [0, 0.05) is 54.1 Å². The van der Waals surface area contributed by atoms with E-state index < -0.39 is 0 Å². The molecule has 0 atom stereocenters. The van der Waals surface area contributed by atoms with Crippen LogP contribution in [0.4, 0.5) is 17.6 Å². The van der Waals surface area contributed by atoms with Gasteiger partial charge in [0.05, 0.1) is 11.9 Å². The van der Waals surface area contributed by atoms with Crippen molar-refractivity contribution >= 4 is 39.9 Å². The van der Waals surface area contributed by atoms with E-state index in [0.29, 0.717) is 24.1 Å². The fraction of sp³-hybridized carbons (Fsp3) is 0.303. The molecule has 43 heavy (non-hydrogen) atoms. The molecule has 6 rings (SSSR count). The van der Waals surface area contributed by atoms with Crippen LogP contribution in [0.15, 0.2) is 60.9 Å². The van der Waals surface area contributed by atoms with E-state index >= 15 is 0 Å². The van der Waals surface area contributed by atoms with Gasteiger partial charge < -0.3 is 21.3 Å². The molecule has 1 amide bonds. The summed E-state index contributed by atoms with van der Waals surface area (Å²) < 4.78 is 1.80. The number of fused-ring (bicyclic) bond motifs is 2. The van der Waals surface area contributed by atoms with Gasteiger partial charge in [0.2, 0.25) is 11.9 Å². The van der Waals surface area contributed by atoms with E-state index in [1.165, 1.54) is 0 Å². The van der Waals surface area contributed by atoms with E-state index in [1.54, 1.807) is 17.6 Å². The molecule has 1 fully saturated rings. The summed E-state index contributed by atoms with van der Waals surface area (Å²) in [5, 5.41) is 13.0. The number of benzene rings is 2. The molecule has 0 aliphatic carbocycles. The van der Waals surface area contributed by atoms with Crippen molar-refractivity contribution in [3.63, 3.8) is 0 Å². The Morgan fingerprint density at radius 1 is 1.12 bits per heavy atom. The van der Waals surface area contributed by atoms with Crippen molar-refractivity contribution < 1.29 is 4.79 Å². The van der Waals surface area contributed by atoms with Crippen LogP contribution >= 0.6 is 0 Å². The molecule has 0 spiro atoms. The zero-order chi connectivity index (χ0) is 29.9. The van der Waals surface area contributed by atoms with Crippen LogP contribution in [0.3, 0.4) is 0 Å². The fourth-order valence-electron chi connectivity index (χ4n) is 5.47. The molecule has 5 aromatic rings. The molecule has 218 valence electrons. The number of carbonyl (C=O) groups is 1. The maximum absolute atomic E-state index is 12.0. The number of hydrogen-bond donors (Lipinski definition) is 3. The number of aromatic nitrogens is 5. The molecular formula is C33H35N9O. The van der Waals surface area contributed by atoms with Crippen molar-refractivity contribution in [1.82, 2.24) is 24.6 Å². The SMILES string of the molecule is CC#CC(=O)Nc1ccc2c(-c3ccccc3CNc3nc(N4CCC(N)CC4)nc4c(C(C)C)cnn34)nccc2c1. The Morgan fingerprint density at radius 3 is 2.72 bits per heavy atom. The van der Waals surface area contributed by atoms with E-state index in [0.717, 1.165) is 64.7 Å². The first kappa shape index (κ1) is 28.1. The van der Waals surface area contributed by atoms with Crippen LogP contribution in [0.5, 0.6) is 0 Å². The molecule has 1 aliphatic rings. The molecule has 0 radical (unpaired) electrons. The van der Waals surface area contributed by atoms with Gasteiger partial charge in [-0.3, -0.25) is 9.78 Å². The van der Waals surface area contributed by atoms with Crippen molar-refractivity contribution in [3.8, 4) is 23.1 Å². The average Bonchev–Trinajstić information content (AvgIpc) is 3.45. The van der Waals surface area contributed by atoms with Gasteiger partial charge in [-0.15, -0.1) is 0 Å². The van der Waals surface area contributed by atoms with E-state index in [4.69, 9.17) is 20.7 Å². The topological polar surface area (TPSA) is 126 Å². The number of amides is 1. The number of piperidine rings is 1. The lowest BCUT2D eigenvalue weighted by molar-refractivity contribution is -0.111. The molecule has 0 unspecified atom stereocenters. The Kier molecular flexibility index (Phi) is 7.90. The number of nitrogens with zero attached hydrogens (tertiary/aromatic N) is 6. The summed E-state index contributed by atoms with van der Waals surface area (Å²) in [6.45, 7) is 8.10. The van der Waals surface area contributed by atoms with Gasteiger partial charge in [-0.05, 0) is 60.8 Å². The van der Waals surface area contributed by atoms with Gasteiger partial charge in [-0.1, -0.05) is 50.1 Å². The first-order chi connectivity index (χ1) is 20.9. The third-order valence-electron chi connectivity index (χ3n) is 7.80. The maximum atomic E-state index is 12.0. The summed E-state index contributed by atoms with van der Waals surface area (Å²) in [5.41, 5.74) is 11.7. The third-order valence-corrected chi connectivity index (χ3v) is 7.80. The van der Waals surface area contributed by atoms with Gasteiger partial charge in [-0.25, -0.2) is 0 Å². The second-order valence-corrected chi connectivity index (χ2v) is 11.1. The standard InChI is InChI=1S/C33H35N9O/c1-4-7-29(43)38-25-10-11-27-22(18-25)12-15-35-30(27)26-9-6-5-8-23(26)19-36-32-40-33(41-16-13-24(34)14-17-41)39-31-28(21(2)3)20-37-42(31)32/h5-6,8-12,15,18,20-21,24H,13-14,16-17,19,34H2,1-3H3,(H,38,43)(H,36,39,40). The Labute approximate surface area is 250 Å². The molecule has 1 aliphatic heterocycles. The first-order valence-corrected chi connectivity index (χ1v) is 14.6. The summed E-state index contributed by atoms with van der Waals surface area (Å²) in [6.07, 6.45) is 5.51. The molecule has 2 aromatic carbocycles. The second-order valence-electron chi connectivity index (χ2n) is 11.1. The minimum Gasteiger partial charge on any atom is -0.350 e.